The summed E-state index contributed by atoms with van der Waals surface area (Å²) in [5.74, 6) is -1.05. The highest BCUT2D eigenvalue weighted by atomic mass is 16.4. The third-order valence-corrected chi connectivity index (χ3v) is 2.74. The van der Waals surface area contributed by atoms with Gasteiger partial charge in [0.2, 0.25) is 6.41 Å². The van der Waals surface area contributed by atoms with Crippen LogP contribution in [0.1, 0.15) is 38.9 Å². The van der Waals surface area contributed by atoms with Gasteiger partial charge in [0.15, 0.2) is 6.04 Å². The van der Waals surface area contributed by atoms with Gasteiger partial charge in [0, 0.05) is 12.6 Å². The summed E-state index contributed by atoms with van der Waals surface area (Å²) in [5.41, 5.74) is 0.533. The Bertz CT molecular complexity index is 414. The van der Waals surface area contributed by atoms with Crippen LogP contribution in [-0.2, 0) is 16.1 Å². The normalized spacial score (nSPS) is 12.4. The summed E-state index contributed by atoms with van der Waals surface area (Å²) in [6.45, 7) is 6.25. The molecule has 0 aliphatic heterocycles. The predicted octanol–water partition coefficient (Wildman–Crippen LogP) is 1.29. The van der Waals surface area contributed by atoms with Gasteiger partial charge in [-0.15, -0.1) is 0 Å². The van der Waals surface area contributed by atoms with Crippen molar-refractivity contribution >= 4 is 12.4 Å². The van der Waals surface area contributed by atoms with Gasteiger partial charge >= 0.3 is 5.97 Å². The number of carboxylic acid groups (broad SMARTS) is 1. The van der Waals surface area contributed by atoms with Gasteiger partial charge in [0.05, 0.1) is 18.2 Å². The van der Waals surface area contributed by atoms with Crippen LogP contribution in [0.2, 0.25) is 0 Å². The number of carbonyl (C=O) groups is 2. The molecule has 1 heterocycles. The van der Waals surface area contributed by atoms with Crippen LogP contribution in [0.3, 0.4) is 0 Å². The van der Waals surface area contributed by atoms with E-state index in [0.29, 0.717) is 18.6 Å². The van der Waals surface area contributed by atoms with Crippen LogP contribution in [0, 0.1) is 0 Å². The fourth-order valence-electron chi connectivity index (χ4n) is 1.87. The molecule has 6 nitrogen and oxygen atoms in total. The Kier molecular flexibility index (Phi) is 4.88. The molecule has 1 amide bonds. The van der Waals surface area contributed by atoms with Crippen LogP contribution in [0.15, 0.2) is 12.5 Å². The average Bonchev–Trinajstić information content (AvgIpc) is 2.73. The number of rotatable bonds is 7. The minimum Gasteiger partial charge on any atom is -0.479 e. The molecule has 1 rings (SSSR count). The SMILES string of the molecule is CCCn1cncc1C(C(=O)O)N(C=O)C(C)C. The minimum absolute atomic E-state index is 0.187. The van der Waals surface area contributed by atoms with Crippen molar-refractivity contribution in [3.8, 4) is 0 Å². The zero-order chi connectivity index (χ0) is 13.7. The highest BCUT2D eigenvalue weighted by Gasteiger charge is 2.30. The molecule has 0 saturated heterocycles. The van der Waals surface area contributed by atoms with Gasteiger partial charge in [0.1, 0.15) is 0 Å². The number of hydrogen-bond acceptors (Lipinski definition) is 3. The van der Waals surface area contributed by atoms with Crippen molar-refractivity contribution in [1.29, 1.82) is 0 Å². The van der Waals surface area contributed by atoms with E-state index in [1.165, 1.54) is 11.1 Å². The fourth-order valence-corrected chi connectivity index (χ4v) is 1.87. The van der Waals surface area contributed by atoms with Gasteiger partial charge in [-0.1, -0.05) is 6.92 Å². The van der Waals surface area contributed by atoms with Crippen molar-refractivity contribution in [3.63, 3.8) is 0 Å². The summed E-state index contributed by atoms with van der Waals surface area (Å²) in [7, 11) is 0. The van der Waals surface area contributed by atoms with Crippen LogP contribution in [0.5, 0.6) is 0 Å². The van der Waals surface area contributed by atoms with E-state index in [1.807, 2.05) is 6.92 Å². The highest BCUT2D eigenvalue weighted by Crippen LogP contribution is 2.22. The summed E-state index contributed by atoms with van der Waals surface area (Å²) in [5, 5.41) is 9.35. The maximum Gasteiger partial charge on any atom is 0.332 e. The van der Waals surface area contributed by atoms with Crippen LogP contribution in [-0.4, -0.2) is 38.0 Å². The lowest BCUT2D eigenvalue weighted by Gasteiger charge is -2.29. The van der Waals surface area contributed by atoms with Crippen molar-refractivity contribution in [2.24, 2.45) is 0 Å². The molecule has 6 heteroatoms. The number of aromatic nitrogens is 2. The Morgan fingerprint density at radius 2 is 2.28 bits per heavy atom. The van der Waals surface area contributed by atoms with Crippen molar-refractivity contribution in [2.75, 3.05) is 0 Å². The quantitative estimate of drug-likeness (QED) is 0.743. The number of aryl methyl sites for hydroxylation is 1. The number of amides is 1. The molecule has 18 heavy (non-hydrogen) atoms. The third-order valence-electron chi connectivity index (χ3n) is 2.74. The fraction of sp³-hybridized carbons (Fsp3) is 0.583. The van der Waals surface area contributed by atoms with Gasteiger partial charge in [-0.25, -0.2) is 9.78 Å². The number of nitrogens with zero attached hydrogens (tertiary/aromatic N) is 3. The molecule has 1 atom stereocenters. The van der Waals surface area contributed by atoms with E-state index in [4.69, 9.17) is 0 Å². The Labute approximate surface area is 106 Å². The molecule has 1 aromatic heterocycles. The van der Waals surface area contributed by atoms with Crippen LogP contribution in [0.25, 0.3) is 0 Å². The molecular weight excluding hydrogens is 234 g/mol. The highest BCUT2D eigenvalue weighted by molar-refractivity contribution is 5.77. The largest absolute Gasteiger partial charge is 0.479 e. The number of hydrogen-bond donors (Lipinski definition) is 1. The summed E-state index contributed by atoms with van der Waals surface area (Å²) < 4.78 is 1.78. The smallest absolute Gasteiger partial charge is 0.332 e. The van der Waals surface area contributed by atoms with E-state index in [-0.39, 0.29) is 6.04 Å². The second-order valence-corrected chi connectivity index (χ2v) is 4.40. The minimum atomic E-state index is -1.05. The molecule has 1 aromatic rings. The number of imidazole rings is 1. The molecule has 0 radical (unpaired) electrons. The van der Waals surface area contributed by atoms with Crippen molar-refractivity contribution in [2.45, 2.75) is 45.8 Å². The molecule has 1 N–H and O–H groups in total. The molecule has 1 unspecified atom stereocenters. The van der Waals surface area contributed by atoms with E-state index in [1.54, 1.807) is 24.7 Å². The lowest BCUT2D eigenvalue weighted by atomic mass is 10.1. The van der Waals surface area contributed by atoms with Crippen molar-refractivity contribution < 1.29 is 14.7 Å². The molecule has 0 bridgehead atoms. The topological polar surface area (TPSA) is 75.4 Å². The molecule has 0 fully saturated rings. The molecule has 0 aromatic carbocycles. The van der Waals surface area contributed by atoms with Crippen LogP contribution >= 0.6 is 0 Å². The molecule has 100 valence electrons. The summed E-state index contributed by atoms with van der Waals surface area (Å²) in [6.07, 6.45) is 4.55. The van der Waals surface area contributed by atoms with Crippen molar-refractivity contribution in [1.82, 2.24) is 14.5 Å². The zero-order valence-corrected chi connectivity index (χ0v) is 10.9. The van der Waals surface area contributed by atoms with E-state index in [0.717, 1.165) is 6.42 Å². The summed E-state index contributed by atoms with van der Waals surface area (Å²) in [6, 6.07) is -1.18. The van der Waals surface area contributed by atoms with Gasteiger partial charge in [-0.3, -0.25) is 4.79 Å². The second-order valence-electron chi connectivity index (χ2n) is 4.40. The Morgan fingerprint density at radius 3 is 2.72 bits per heavy atom. The molecule has 0 aliphatic carbocycles. The van der Waals surface area contributed by atoms with E-state index in [2.05, 4.69) is 4.98 Å². The molecule has 0 aliphatic rings. The average molecular weight is 253 g/mol. The maximum absolute atomic E-state index is 11.4. The first kappa shape index (κ1) is 14.2. The number of carboxylic acids is 1. The Hall–Kier alpha value is -1.85. The van der Waals surface area contributed by atoms with Crippen LogP contribution in [0.4, 0.5) is 0 Å². The first-order valence-electron chi connectivity index (χ1n) is 5.98. The second kappa shape index (κ2) is 6.18. The van der Waals surface area contributed by atoms with E-state index < -0.39 is 12.0 Å². The number of aliphatic carboxylic acids is 1. The standard InChI is InChI=1S/C12H19N3O3/c1-4-5-14-7-13-6-10(14)11(12(17)18)15(8-16)9(2)3/h6-9,11H,4-5H2,1-3H3,(H,17,18). The lowest BCUT2D eigenvalue weighted by molar-refractivity contribution is -0.148. The maximum atomic E-state index is 11.4. The summed E-state index contributed by atoms with van der Waals surface area (Å²) in [4.78, 5) is 27.8. The first-order chi connectivity index (χ1) is 8.52. The first-order valence-corrected chi connectivity index (χ1v) is 5.98. The predicted molar refractivity (Wildman–Crippen MR) is 65.9 cm³/mol. The van der Waals surface area contributed by atoms with Gasteiger partial charge in [-0.2, -0.15) is 0 Å². The number of carbonyl (C=O) groups excluding carboxylic acids is 1. The lowest BCUT2D eigenvalue weighted by Crippen LogP contribution is -2.39. The van der Waals surface area contributed by atoms with E-state index in [9.17, 15) is 14.7 Å². The van der Waals surface area contributed by atoms with Gasteiger partial charge in [-0.05, 0) is 20.3 Å². The molecular formula is C12H19N3O3. The zero-order valence-electron chi connectivity index (χ0n) is 10.9. The monoisotopic (exact) mass is 253 g/mol. The van der Waals surface area contributed by atoms with E-state index >= 15 is 0 Å². The van der Waals surface area contributed by atoms with Gasteiger partial charge < -0.3 is 14.6 Å². The van der Waals surface area contributed by atoms with Crippen LogP contribution < -0.4 is 0 Å². The third kappa shape index (κ3) is 2.88. The van der Waals surface area contributed by atoms with Crippen molar-refractivity contribution in [3.05, 3.63) is 18.2 Å². The molecule has 0 spiro atoms. The Balaban J connectivity index is 3.15. The Morgan fingerprint density at radius 1 is 1.61 bits per heavy atom. The molecule has 0 saturated carbocycles. The summed E-state index contributed by atoms with van der Waals surface area (Å²) >= 11 is 0. The van der Waals surface area contributed by atoms with Gasteiger partial charge in [0.25, 0.3) is 0 Å².